The average Bonchev–Trinajstić information content (AvgIpc) is 3.38. The normalized spacial score (nSPS) is 27.2. The first-order valence-corrected chi connectivity index (χ1v) is 9.25. The van der Waals surface area contributed by atoms with Crippen molar-refractivity contribution < 1.29 is 19.7 Å². The van der Waals surface area contributed by atoms with Crippen LogP contribution < -0.4 is 4.74 Å². The smallest absolute Gasteiger partial charge is 0.313 e. The minimum Gasteiger partial charge on any atom is -0.492 e. The Hall–Kier alpha value is -1.59. The van der Waals surface area contributed by atoms with E-state index in [0.717, 1.165) is 30.7 Å². The van der Waals surface area contributed by atoms with Gasteiger partial charge in [-0.05, 0) is 49.8 Å². The summed E-state index contributed by atoms with van der Waals surface area (Å²) >= 11 is 0. The second kappa shape index (κ2) is 7.34. The van der Waals surface area contributed by atoms with Gasteiger partial charge in [-0.1, -0.05) is 25.0 Å². The third-order valence-corrected chi connectivity index (χ3v) is 5.86. The van der Waals surface area contributed by atoms with E-state index in [1.807, 2.05) is 19.1 Å². The van der Waals surface area contributed by atoms with Gasteiger partial charge in [0.25, 0.3) is 0 Å². The monoisotopic (exact) mass is 347 g/mol. The minimum atomic E-state index is -1.02. The van der Waals surface area contributed by atoms with Crippen LogP contribution in [0.3, 0.4) is 0 Å². The molecule has 0 aromatic heterocycles. The number of carboxylic acid groups (broad SMARTS) is 1. The zero-order valence-corrected chi connectivity index (χ0v) is 15.2. The summed E-state index contributed by atoms with van der Waals surface area (Å²) in [5, 5.41) is 20.2. The second-order valence-corrected chi connectivity index (χ2v) is 7.74. The first-order valence-electron chi connectivity index (χ1n) is 9.25. The van der Waals surface area contributed by atoms with Crippen molar-refractivity contribution in [2.24, 2.45) is 11.3 Å². The maximum Gasteiger partial charge on any atom is 0.313 e. The lowest BCUT2D eigenvalue weighted by Crippen LogP contribution is -2.56. The molecule has 0 radical (unpaired) electrons. The summed E-state index contributed by atoms with van der Waals surface area (Å²) in [6.45, 7) is 6.45. The number of aliphatic hydroxyl groups is 1. The summed E-state index contributed by atoms with van der Waals surface area (Å²) in [6.07, 6.45) is 2.55. The number of piperidine rings is 1. The quantitative estimate of drug-likeness (QED) is 0.793. The highest BCUT2D eigenvalue weighted by Crippen LogP contribution is 2.45. The Labute approximate surface area is 149 Å². The highest BCUT2D eigenvalue weighted by molar-refractivity contribution is 5.76. The molecule has 1 unspecified atom stereocenters. The van der Waals surface area contributed by atoms with E-state index in [1.54, 1.807) is 0 Å². The summed E-state index contributed by atoms with van der Waals surface area (Å²) in [5.74, 6) is 0.503. The molecule has 0 spiro atoms. The summed E-state index contributed by atoms with van der Waals surface area (Å²) < 4.78 is 5.92. The lowest BCUT2D eigenvalue weighted by atomic mass is 9.73. The van der Waals surface area contributed by atoms with Gasteiger partial charge in [-0.2, -0.15) is 0 Å². The molecular formula is C20H29NO4. The van der Waals surface area contributed by atoms with Gasteiger partial charge in [0.15, 0.2) is 0 Å². The van der Waals surface area contributed by atoms with Crippen LogP contribution in [0.2, 0.25) is 0 Å². The van der Waals surface area contributed by atoms with Crippen LogP contribution in [0.15, 0.2) is 18.2 Å². The molecule has 2 aliphatic rings. The largest absolute Gasteiger partial charge is 0.492 e. The van der Waals surface area contributed by atoms with Crippen LogP contribution >= 0.6 is 0 Å². The number of carboxylic acids is 1. The Morgan fingerprint density at radius 2 is 2.08 bits per heavy atom. The third-order valence-electron chi connectivity index (χ3n) is 5.86. The number of aryl methyl sites for hydroxylation is 1. The number of aliphatic hydroxyl groups excluding tert-OH is 1. The van der Waals surface area contributed by atoms with Crippen molar-refractivity contribution >= 4 is 5.97 Å². The van der Waals surface area contributed by atoms with Crippen LogP contribution in [-0.2, 0) is 4.79 Å². The fourth-order valence-corrected chi connectivity index (χ4v) is 3.86. The lowest BCUT2D eigenvalue weighted by molar-refractivity contribution is -0.165. The topological polar surface area (TPSA) is 70.0 Å². The van der Waals surface area contributed by atoms with Crippen molar-refractivity contribution in [1.29, 1.82) is 0 Å². The Morgan fingerprint density at radius 3 is 2.76 bits per heavy atom. The number of rotatable bonds is 7. The molecule has 2 N–H and O–H groups in total. The number of ether oxygens (including phenoxy) is 1. The van der Waals surface area contributed by atoms with Crippen LogP contribution in [-0.4, -0.2) is 53.4 Å². The predicted octanol–water partition coefficient (Wildman–Crippen LogP) is 2.62. The molecule has 1 aromatic rings. The van der Waals surface area contributed by atoms with Crippen molar-refractivity contribution in [2.45, 2.75) is 45.6 Å². The van der Waals surface area contributed by atoms with E-state index in [0.29, 0.717) is 38.5 Å². The van der Waals surface area contributed by atoms with Gasteiger partial charge in [0.1, 0.15) is 17.8 Å². The van der Waals surface area contributed by atoms with E-state index in [1.165, 1.54) is 5.56 Å². The van der Waals surface area contributed by atoms with Gasteiger partial charge >= 0.3 is 5.97 Å². The zero-order chi connectivity index (χ0) is 18.0. The van der Waals surface area contributed by atoms with Crippen molar-refractivity contribution in [3.05, 3.63) is 29.3 Å². The number of hydrogen-bond donors (Lipinski definition) is 2. The van der Waals surface area contributed by atoms with Gasteiger partial charge in [0.05, 0.1) is 6.10 Å². The van der Waals surface area contributed by atoms with Gasteiger partial charge in [0, 0.05) is 19.6 Å². The molecule has 1 saturated carbocycles. The van der Waals surface area contributed by atoms with Crippen LogP contribution in [0.5, 0.6) is 5.75 Å². The van der Waals surface area contributed by atoms with Crippen molar-refractivity contribution in [1.82, 2.24) is 4.90 Å². The second-order valence-electron chi connectivity index (χ2n) is 7.74. The highest BCUT2D eigenvalue weighted by atomic mass is 16.5. The lowest BCUT2D eigenvalue weighted by Gasteiger charge is -2.43. The molecule has 5 nitrogen and oxygen atoms in total. The number of aliphatic carboxylic acids is 1. The number of benzene rings is 1. The maximum atomic E-state index is 12.0. The first kappa shape index (κ1) is 18.2. The summed E-state index contributed by atoms with van der Waals surface area (Å²) in [4.78, 5) is 14.1. The Balaban J connectivity index is 1.59. The third kappa shape index (κ3) is 3.98. The van der Waals surface area contributed by atoms with Gasteiger partial charge in [0.2, 0.25) is 0 Å². The predicted molar refractivity (Wildman–Crippen MR) is 95.9 cm³/mol. The summed E-state index contributed by atoms with van der Waals surface area (Å²) in [5.41, 5.74) is 1.33. The van der Waals surface area contributed by atoms with Crippen LogP contribution in [0, 0.1) is 25.2 Å². The Bertz CT molecular complexity index is 628. The van der Waals surface area contributed by atoms with Crippen LogP contribution in [0.1, 0.15) is 36.8 Å². The molecule has 1 aliphatic carbocycles. The number of nitrogens with zero attached hydrogens (tertiary/aromatic N) is 1. The Morgan fingerprint density at radius 1 is 1.32 bits per heavy atom. The van der Waals surface area contributed by atoms with E-state index in [-0.39, 0.29) is 0 Å². The van der Waals surface area contributed by atoms with Crippen LogP contribution in [0.25, 0.3) is 0 Å². The summed E-state index contributed by atoms with van der Waals surface area (Å²) in [7, 11) is 0. The van der Waals surface area contributed by atoms with Crippen LogP contribution in [0.4, 0.5) is 0 Å². The molecule has 5 heteroatoms. The molecule has 3 rings (SSSR count). The molecule has 1 aliphatic heterocycles. The molecule has 1 aromatic carbocycles. The average molecular weight is 347 g/mol. The zero-order valence-electron chi connectivity index (χ0n) is 15.2. The molecule has 2 atom stereocenters. The fourth-order valence-electron chi connectivity index (χ4n) is 3.86. The van der Waals surface area contributed by atoms with Crippen molar-refractivity contribution in [3.8, 4) is 5.75 Å². The molecule has 1 saturated heterocycles. The molecule has 1 heterocycles. The van der Waals surface area contributed by atoms with E-state index in [2.05, 4.69) is 17.9 Å². The molecule has 0 amide bonds. The maximum absolute atomic E-state index is 12.0. The summed E-state index contributed by atoms with van der Waals surface area (Å²) in [6, 6.07) is 6.02. The molecule has 0 bridgehead atoms. The van der Waals surface area contributed by atoms with Crippen molar-refractivity contribution in [2.75, 3.05) is 26.2 Å². The number of likely N-dealkylation sites (tertiary alicyclic amines) is 1. The van der Waals surface area contributed by atoms with E-state index < -0.39 is 17.5 Å². The molecule has 25 heavy (non-hydrogen) atoms. The molecular weight excluding hydrogens is 318 g/mol. The minimum absolute atomic E-state index is 0.413. The Kier molecular flexibility index (Phi) is 5.35. The SMILES string of the molecule is Cc1cccc(OCCN2CCC(O)[C@@](CC3CC3)(C(=O)O)C2)c1C. The van der Waals surface area contributed by atoms with Gasteiger partial charge in [-0.25, -0.2) is 0 Å². The highest BCUT2D eigenvalue weighted by Gasteiger charge is 2.51. The number of hydrogen-bond acceptors (Lipinski definition) is 4. The molecule has 2 fully saturated rings. The van der Waals surface area contributed by atoms with Gasteiger partial charge < -0.3 is 14.9 Å². The first-order chi connectivity index (χ1) is 11.9. The van der Waals surface area contributed by atoms with Crippen molar-refractivity contribution in [3.63, 3.8) is 0 Å². The van der Waals surface area contributed by atoms with E-state index in [4.69, 9.17) is 4.74 Å². The van der Waals surface area contributed by atoms with E-state index in [9.17, 15) is 15.0 Å². The number of carbonyl (C=O) groups is 1. The fraction of sp³-hybridized carbons (Fsp3) is 0.650. The standard InChI is InChI=1S/C20H29NO4/c1-14-4-3-5-17(15(14)2)25-11-10-21-9-8-18(22)20(13-21,19(23)24)12-16-6-7-16/h3-5,16,18,22H,6-13H2,1-2H3,(H,23,24)/t18?,20-/m0/s1. The van der Waals surface area contributed by atoms with E-state index >= 15 is 0 Å². The molecule has 138 valence electrons. The van der Waals surface area contributed by atoms with Gasteiger partial charge in [-0.15, -0.1) is 0 Å². The van der Waals surface area contributed by atoms with Gasteiger partial charge in [-0.3, -0.25) is 9.69 Å².